The molecule has 130 valence electrons. The van der Waals surface area contributed by atoms with Crippen LogP contribution in [0.5, 0.6) is 0 Å². The normalized spacial score (nSPS) is 14.9. The van der Waals surface area contributed by atoms with Crippen LogP contribution in [0, 0.1) is 0 Å². The lowest BCUT2D eigenvalue weighted by molar-refractivity contribution is 0.470. The van der Waals surface area contributed by atoms with Crippen molar-refractivity contribution in [3.63, 3.8) is 0 Å². The van der Waals surface area contributed by atoms with Gasteiger partial charge in [0.1, 0.15) is 0 Å². The Morgan fingerprint density at radius 2 is 0.917 bits per heavy atom. The molecule has 0 aliphatic rings. The molecule has 2 atom stereocenters. The topological polar surface area (TPSA) is 92.3 Å². The average Bonchev–Trinajstić information content (AvgIpc) is 2.50. The van der Waals surface area contributed by atoms with Crippen molar-refractivity contribution >= 4 is 20.0 Å². The van der Waals surface area contributed by atoms with E-state index in [4.69, 9.17) is 0 Å². The zero-order chi connectivity index (χ0) is 17.8. The molecule has 6 nitrogen and oxygen atoms in total. The van der Waals surface area contributed by atoms with Crippen LogP contribution in [0.1, 0.15) is 23.2 Å². The fourth-order valence-electron chi connectivity index (χ4n) is 2.44. The van der Waals surface area contributed by atoms with Crippen LogP contribution in [0.2, 0.25) is 0 Å². The lowest BCUT2D eigenvalue weighted by atomic mass is 9.95. The van der Waals surface area contributed by atoms with Gasteiger partial charge in [0.25, 0.3) is 0 Å². The van der Waals surface area contributed by atoms with Crippen molar-refractivity contribution in [2.75, 3.05) is 12.5 Å². The van der Waals surface area contributed by atoms with E-state index in [1.807, 2.05) is 12.1 Å². The third-order valence-electron chi connectivity index (χ3n) is 3.33. The van der Waals surface area contributed by atoms with Crippen molar-refractivity contribution in [2.45, 2.75) is 12.1 Å². The van der Waals surface area contributed by atoms with Gasteiger partial charge in [-0.05, 0) is 11.1 Å². The summed E-state index contributed by atoms with van der Waals surface area (Å²) in [6.07, 6.45) is 2.09. The molecule has 0 aliphatic carbocycles. The van der Waals surface area contributed by atoms with Gasteiger partial charge in [-0.3, -0.25) is 0 Å². The fourth-order valence-corrected chi connectivity index (χ4v) is 3.91. The van der Waals surface area contributed by atoms with Gasteiger partial charge in [0.15, 0.2) is 0 Å². The Labute approximate surface area is 143 Å². The summed E-state index contributed by atoms with van der Waals surface area (Å²) >= 11 is 0. The van der Waals surface area contributed by atoms with Crippen LogP contribution in [0.3, 0.4) is 0 Å². The van der Waals surface area contributed by atoms with Crippen LogP contribution in [0.25, 0.3) is 0 Å². The van der Waals surface area contributed by atoms with Gasteiger partial charge in [0.2, 0.25) is 20.0 Å². The number of sulfonamides is 2. The maximum atomic E-state index is 11.8. The molecule has 0 bridgehead atoms. The lowest BCUT2D eigenvalue weighted by Crippen LogP contribution is -2.40. The van der Waals surface area contributed by atoms with Crippen molar-refractivity contribution in [3.8, 4) is 0 Å². The molecule has 2 aromatic rings. The molecule has 0 spiro atoms. The number of rotatable bonds is 7. The van der Waals surface area contributed by atoms with Gasteiger partial charge in [-0.25, -0.2) is 26.3 Å². The Morgan fingerprint density at radius 3 is 1.17 bits per heavy atom. The molecule has 0 saturated carbocycles. The molecule has 2 rings (SSSR count). The first-order chi connectivity index (χ1) is 11.2. The van der Waals surface area contributed by atoms with Crippen LogP contribution >= 0.6 is 0 Å². The SMILES string of the molecule is CS(=O)(=O)N[C@H](c1ccccc1)[C@H](NS(C)(=O)=O)c1ccccc1. The predicted molar refractivity (Wildman–Crippen MR) is 94.3 cm³/mol. The number of nitrogens with one attached hydrogen (secondary N) is 2. The average molecular weight is 368 g/mol. The summed E-state index contributed by atoms with van der Waals surface area (Å²) in [5.74, 6) is 0. The molecule has 0 aliphatic heterocycles. The van der Waals surface area contributed by atoms with Gasteiger partial charge in [-0.15, -0.1) is 0 Å². The Morgan fingerprint density at radius 1 is 0.625 bits per heavy atom. The summed E-state index contributed by atoms with van der Waals surface area (Å²) < 4.78 is 52.4. The molecule has 0 heterocycles. The van der Waals surface area contributed by atoms with Gasteiger partial charge in [-0.1, -0.05) is 60.7 Å². The summed E-state index contributed by atoms with van der Waals surface area (Å²) in [5, 5.41) is 0. The monoisotopic (exact) mass is 368 g/mol. The quantitative estimate of drug-likeness (QED) is 0.776. The summed E-state index contributed by atoms with van der Waals surface area (Å²) in [6.45, 7) is 0. The van der Waals surface area contributed by atoms with Crippen molar-refractivity contribution < 1.29 is 16.8 Å². The molecule has 24 heavy (non-hydrogen) atoms. The van der Waals surface area contributed by atoms with Crippen molar-refractivity contribution in [1.29, 1.82) is 0 Å². The van der Waals surface area contributed by atoms with Gasteiger partial charge in [-0.2, -0.15) is 0 Å². The lowest BCUT2D eigenvalue weighted by Gasteiger charge is -2.28. The van der Waals surface area contributed by atoms with Gasteiger partial charge in [0, 0.05) is 0 Å². The largest absolute Gasteiger partial charge is 0.213 e. The minimum Gasteiger partial charge on any atom is -0.213 e. The summed E-state index contributed by atoms with van der Waals surface area (Å²) in [4.78, 5) is 0. The zero-order valence-electron chi connectivity index (χ0n) is 13.4. The maximum absolute atomic E-state index is 11.8. The number of benzene rings is 2. The van der Waals surface area contributed by atoms with E-state index in [1.54, 1.807) is 48.5 Å². The van der Waals surface area contributed by atoms with Crippen LogP contribution in [0.4, 0.5) is 0 Å². The minimum absolute atomic E-state index is 0.660. The van der Waals surface area contributed by atoms with E-state index in [0.29, 0.717) is 11.1 Å². The number of hydrogen-bond donors (Lipinski definition) is 2. The second-order valence-electron chi connectivity index (χ2n) is 5.56. The van der Waals surface area contributed by atoms with E-state index in [0.717, 1.165) is 12.5 Å². The van der Waals surface area contributed by atoms with Gasteiger partial charge in [0.05, 0.1) is 24.6 Å². The van der Waals surface area contributed by atoms with E-state index in [1.165, 1.54) is 0 Å². The molecule has 0 fully saturated rings. The van der Waals surface area contributed by atoms with E-state index in [-0.39, 0.29) is 0 Å². The Balaban J connectivity index is 2.55. The smallest absolute Gasteiger partial charge is 0.209 e. The molecule has 0 unspecified atom stereocenters. The second kappa shape index (κ2) is 7.43. The summed E-state index contributed by atoms with van der Waals surface area (Å²) in [7, 11) is -7.13. The van der Waals surface area contributed by atoms with Crippen LogP contribution in [-0.4, -0.2) is 29.3 Å². The van der Waals surface area contributed by atoms with Crippen molar-refractivity contribution in [3.05, 3.63) is 71.8 Å². The molecular weight excluding hydrogens is 348 g/mol. The van der Waals surface area contributed by atoms with E-state index < -0.39 is 32.1 Å². The zero-order valence-corrected chi connectivity index (χ0v) is 15.0. The third kappa shape index (κ3) is 5.72. The van der Waals surface area contributed by atoms with Crippen LogP contribution in [-0.2, 0) is 20.0 Å². The van der Waals surface area contributed by atoms with E-state index >= 15 is 0 Å². The first-order valence-electron chi connectivity index (χ1n) is 7.20. The highest BCUT2D eigenvalue weighted by Crippen LogP contribution is 2.30. The highest BCUT2D eigenvalue weighted by Gasteiger charge is 2.29. The minimum atomic E-state index is -3.56. The first kappa shape index (κ1) is 18.6. The highest BCUT2D eigenvalue weighted by atomic mass is 32.2. The van der Waals surface area contributed by atoms with Crippen LogP contribution in [0.15, 0.2) is 60.7 Å². The number of hydrogen-bond acceptors (Lipinski definition) is 4. The van der Waals surface area contributed by atoms with Crippen LogP contribution < -0.4 is 9.44 Å². The first-order valence-corrected chi connectivity index (χ1v) is 11.0. The van der Waals surface area contributed by atoms with Gasteiger partial charge < -0.3 is 0 Å². The Kier molecular flexibility index (Phi) is 5.76. The van der Waals surface area contributed by atoms with E-state index in [9.17, 15) is 16.8 Å². The molecule has 0 amide bonds. The molecule has 0 saturated heterocycles. The van der Waals surface area contributed by atoms with Gasteiger partial charge >= 0.3 is 0 Å². The Bertz CT molecular complexity index is 791. The molecule has 2 aromatic carbocycles. The highest BCUT2D eigenvalue weighted by molar-refractivity contribution is 7.89. The standard InChI is InChI=1S/C16H20N2O4S2/c1-23(19,20)17-15(13-9-5-3-6-10-13)16(18-24(2,21)22)14-11-7-4-8-12-14/h3-12,15-18H,1-2H3/t15-,16-/m1/s1. The molecule has 2 N–H and O–H groups in total. The summed E-state index contributed by atoms with van der Waals surface area (Å²) in [5.41, 5.74) is 1.32. The Hall–Kier alpha value is -1.74. The second-order valence-corrected chi connectivity index (χ2v) is 9.12. The third-order valence-corrected chi connectivity index (χ3v) is 4.70. The fraction of sp³-hybridized carbons (Fsp3) is 0.250. The molecule has 0 radical (unpaired) electrons. The molecular formula is C16H20N2O4S2. The van der Waals surface area contributed by atoms with Crippen molar-refractivity contribution in [2.24, 2.45) is 0 Å². The summed E-state index contributed by atoms with van der Waals surface area (Å²) in [6, 6.07) is 16.2. The van der Waals surface area contributed by atoms with Crippen molar-refractivity contribution in [1.82, 2.24) is 9.44 Å². The maximum Gasteiger partial charge on any atom is 0.209 e. The predicted octanol–water partition coefficient (Wildman–Crippen LogP) is 1.57. The van der Waals surface area contributed by atoms with E-state index in [2.05, 4.69) is 9.44 Å². The molecule has 0 aromatic heterocycles. The molecule has 8 heteroatoms.